The first-order valence-electron chi connectivity index (χ1n) is 13.4. The second-order valence-electron chi connectivity index (χ2n) is 10.8. The number of imidazole rings is 3. The quantitative estimate of drug-likeness (QED) is 0.339. The zero-order valence-corrected chi connectivity index (χ0v) is 22.9. The molecule has 1 saturated carbocycles. The van der Waals surface area contributed by atoms with E-state index in [9.17, 15) is 4.79 Å². The molecule has 40 heavy (non-hydrogen) atoms. The van der Waals surface area contributed by atoms with E-state index >= 15 is 4.39 Å². The maximum absolute atomic E-state index is 15.7. The second kappa shape index (κ2) is 8.94. The van der Waals surface area contributed by atoms with Gasteiger partial charge in [0, 0.05) is 58.1 Å². The van der Waals surface area contributed by atoms with Crippen molar-refractivity contribution in [1.29, 1.82) is 0 Å². The number of rotatable bonds is 6. The van der Waals surface area contributed by atoms with E-state index in [1.807, 2.05) is 28.3 Å². The number of fused-ring (bicyclic) bond motifs is 2. The standard InChI is InChI=1S/C29H30FN9O/c1-35-16-31-14-26(35)28-34-22-10-20(18-13-33-36(2)15-18)21(30)11-24(22)39(28)19-8-23(32-12-17-6-5-7-17)27-25(9-19)37(3)29(40)38(27)4/h8-11,13-17,32H,5-7,12H2,1-4H3. The molecule has 0 amide bonds. The molecule has 4 aromatic heterocycles. The third kappa shape index (κ3) is 3.68. The number of hydrogen-bond acceptors (Lipinski definition) is 5. The molecule has 1 fully saturated rings. The summed E-state index contributed by atoms with van der Waals surface area (Å²) in [5.41, 5.74) is 6.32. The fourth-order valence-corrected chi connectivity index (χ4v) is 5.74. The largest absolute Gasteiger partial charge is 0.383 e. The molecule has 0 spiro atoms. The average Bonchev–Trinajstić information content (AvgIpc) is 3.66. The highest BCUT2D eigenvalue weighted by Gasteiger charge is 2.23. The van der Waals surface area contributed by atoms with Crippen molar-refractivity contribution in [3.05, 3.63) is 65.5 Å². The van der Waals surface area contributed by atoms with Crippen molar-refractivity contribution >= 4 is 27.8 Å². The van der Waals surface area contributed by atoms with E-state index in [1.165, 1.54) is 25.3 Å². The summed E-state index contributed by atoms with van der Waals surface area (Å²) in [4.78, 5) is 22.3. The van der Waals surface area contributed by atoms with Gasteiger partial charge in [-0.25, -0.2) is 19.2 Å². The fourth-order valence-electron chi connectivity index (χ4n) is 5.74. The zero-order valence-electron chi connectivity index (χ0n) is 22.9. The Labute approximate surface area is 229 Å². The molecule has 0 atom stereocenters. The lowest BCUT2D eigenvalue weighted by atomic mass is 9.85. The highest BCUT2D eigenvalue weighted by Crippen LogP contribution is 2.36. The van der Waals surface area contributed by atoms with Crippen LogP contribution in [0.2, 0.25) is 0 Å². The van der Waals surface area contributed by atoms with Crippen molar-refractivity contribution in [2.24, 2.45) is 34.1 Å². The van der Waals surface area contributed by atoms with Crippen LogP contribution in [-0.4, -0.2) is 44.6 Å². The Morgan fingerprint density at radius 2 is 1.85 bits per heavy atom. The van der Waals surface area contributed by atoms with Crippen LogP contribution in [0.5, 0.6) is 0 Å². The Balaban J connectivity index is 1.50. The van der Waals surface area contributed by atoms with E-state index < -0.39 is 0 Å². The minimum Gasteiger partial charge on any atom is -0.383 e. The van der Waals surface area contributed by atoms with Crippen molar-refractivity contribution in [3.8, 4) is 28.3 Å². The van der Waals surface area contributed by atoms with E-state index in [-0.39, 0.29) is 11.5 Å². The lowest BCUT2D eigenvalue weighted by Gasteiger charge is -2.26. The topological polar surface area (TPSA) is 92.4 Å². The molecular weight excluding hydrogens is 509 g/mol. The van der Waals surface area contributed by atoms with Gasteiger partial charge in [0.1, 0.15) is 11.5 Å². The Morgan fingerprint density at radius 3 is 2.52 bits per heavy atom. The molecule has 1 N–H and O–H groups in total. The lowest BCUT2D eigenvalue weighted by molar-refractivity contribution is 0.333. The number of benzene rings is 2. The molecule has 0 aliphatic heterocycles. The molecule has 1 aliphatic carbocycles. The van der Waals surface area contributed by atoms with Gasteiger partial charge in [-0.2, -0.15) is 5.10 Å². The first-order chi connectivity index (χ1) is 19.3. The number of anilines is 1. The van der Waals surface area contributed by atoms with Gasteiger partial charge >= 0.3 is 5.69 Å². The number of halogens is 1. The van der Waals surface area contributed by atoms with Crippen molar-refractivity contribution in [2.75, 3.05) is 11.9 Å². The Kier molecular flexibility index (Phi) is 5.45. The molecule has 4 heterocycles. The van der Waals surface area contributed by atoms with Crippen LogP contribution >= 0.6 is 0 Å². The summed E-state index contributed by atoms with van der Waals surface area (Å²) in [7, 11) is 7.28. The molecule has 0 unspecified atom stereocenters. The molecule has 2 aromatic carbocycles. The third-order valence-electron chi connectivity index (χ3n) is 8.21. The van der Waals surface area contributed by atoms with E-state index in [2.05, 4.69) is 15.4 Å². The van der Waals surface area contributed by atoms with Crippen molar-refractivity contribution in [1.82, 2.24) is 38.0 Å². The average molecular weight is 540 g/mol. The summed E-state index contributed by atoms with van der Waals surface area (Å²) in [6.07, 6.45) is 10.6. The van der Waals surface area contributed by atoms with Crippen LogP contribution in [0.3, 0.4) is 0 Å². The molecule has 204 valence electrons. The summed E-state index contributed by atoms with van der Waals surface area (Å²) >= 11 is 0. The molecule has 0 radical (unpaired) electrons. The maximum atomic E-state index is 15.7. The van der Waals surface area contributed by atoms with E-state index in [0.717, 1.165) is 34.6 Å². The molecule has 6 aromatic rings. The summed E-state index contributed by atoms with van der Waals surface area (Å²) in [6, 6.07) is 7.30. The number of hydrogen-bond donors (Lipinski definition) is 1. The van der Waals surface area contributed by atoms with E-state index in [4.69, 9.17) is 4.98 Å². The van der Waals surface area contributed by atoms with Gasteiger partial charge in [-0.05, 0) is 37.0 Å². The third-order valence-corrected chi connectivity index (χ3v) is 8.21. The first-order valence-corrected chi connectivity index (χ1v) is 13.4. The van der Waals surface area contributed by atoms with Gasteiger partial charge in [0.05, 0.1) is 52.2 Å². The van der Waals surface area contributed by atoms with Gasteiger partial charge in [0.2, 0.25) is 0 Å². The van der Waals surface area contributed by atoms with Crippen molar-refractivity contribution in [2.45, 2.75) is 19.3 Å². The first kappa shape index (κ1) is 24.4. The van der Waals surface area contributed by atoms with Crippen molar-refractivity contribution in [3.63, 3.8) is 0 Å². The molecule has 7 rings (SSSR count). The summed E-state index contributed by atoms with van der Waals surface area (Å²) in [6.45, 7) is 0.837. The summed E-state index contributed by atoms with van der Waals surface area (Å²) in [5, 5.41) is 7.83. The van der Waals surface area contributed by atoms with Crippen LogP contribution in [0.1, 0.15) is 19.3 Å². The van der Waals surface area contributed by atoms with Gasteiger partial charge in [0.25, 0.3) is 0 Å². The number of nitrogens with zero attached hydrogens (tertiary/aromatic N) is 8. The zero-order chi connectivity index (χ0) is 27.7. The summed E-state index contributed by atoms with van der Waals surface area (Å²) in [5.74, 6) is 0.885. The summed E-state index contributed by atoms with van der Waals surface area (Å²) < 4.78 is 24.5. The monoisotopic (exact) mass is 539 g/mol. The molecule has 0 saturated heterocycles. The Bertz CT molecular complexity index is 1980. The normalized spacial score (nSPS) is 13.9. The van der Waals surface area contributed by atoms with Gasteiger partial charge in [-0.3, -0.25) is 18.4 Å². The second-order valence-corrected chi connectivity index (χ2v) is 10.8. The lowest BCUT2D eigenvalue weighted by Crippen LogP contribution is -2.22. The van der Waals surface area contributed by atoms with Gasteiger partial charge in [-0.15, -0.1) is 0 Å². The molecule has 1 aliphatic rings. The highest BCUT2D eigenvalue weighted by molar-refractivity contribution is 5.94. The fraction of sp³-hybridized carbons (Fsp3) is 0.310. The molecule has 0 bridgehead atoms. The molecule has 11 heteroatoms. The van der Waals surface area contributed by atoms with E-state index in [0.29, 0.717) is 33.9 Å². The predicted molar refractivity (Wildman–Crippen MR) is 153 cm³/mol. The Hall–Kier alpha value is -4.67. The van der Waals surface area contributed by atoms with Gasteiger partial charge in [-0.1, -0.05) is 6.42 Å². The highest BCUT2D eigenvalue weighted by atomic mass is 19.1. The number of aromatic nitrogens is 8. The van der Waals surface area contributed by atoms with Crippen LogP contribution in [0.25, 0.3) is 50.4 Å². The smallest absolute Gasteiger partial charge is 0.328 e. The minimum absolute atomic E-state index is 0.103. The van der Waals surface area contributed by atoms with Crippen LogP contribution in [0, 0.1) is 11.7 Å². The van der Waals surface area contributed by atoms with Crippen molar-refractivity contribution < 1.29 is 4.39 Å². The predicted octanol–water partition coefficient (Wildman–Crippen LogP) is 4.37. The van der Waals surface area contributed by atoms with Crippen LogP contribution in [0.4, 0.5) is 10.1 Å². The molecular formula is C29H30FN9O. The van der Waals surface area contributed by atoms with Crippen LogP contribution < -0.4 is 11.0 Å². The Morgan fingerprint density at radius 1 is 1.02 bits per heavy atom. The molecule has 10 nitrogen and oxygen atoms in total. The van der Waals surface area contributed by atoms with Crippen LogP contribution in [0.15, 0.2) is 54.0 Å². The number of aryl methyl sites for hydroxylation is 4. The van der Waals surface area contributed by atoms with Gasteiger partial charge < -0.3 is 9.88 Å². The maximum Gasteiger partial charge on any atom is 0.328 e. The van der Waals surface area contributed by atoms with E-state index in [1.54, 1.807) is 65.9 Å². The SMILES string of the molecule is Cn1cc(-c2cc3nc(-c4cncn4C)n(-c4cc(NCC5CCC5)c5c(c4)n(C)c(=O)n5C)c3cc2F)cn1. The number of nitrogens with one attached hydrogen (secondary N) is 1. The van der Waals surface area contributed by atoms with Crippen LogP contribution in [-0.2, 0) is 28.2 Å². The minimum atomic E-state index is -0.366. The van der Waals surface area contributed by atoms with Gasteiger partial charge in [0.15, 0.2) is 5.82 Å².